The van der Waals surface area contributed by atoms with Gasteiger partial charge in [0, 0.05) is 30.8 Å². The molecule has 38 heavy (non-hydrogen) atoms. The highest BCUT2D eigenvalue weighted by molar-refractivity contribution is 7.07. The van der Waals surface area contributed by atoms with E-state index in [-0.39, 0.29) is 18.3 Å². The molecule has 0 bridgehead atoms. The first kappa shape index (κ1) is 26.0. The number of aromatic nitrogens is 1. The Morgan fingerprint density at radius 1 is 1.18 bits per heavy atom. The number of carbonyl (C=O) groups is 1. The fraction of sp³-hybridized carbons (Fsp3) is 0.414. The van der Waals surface area contributed by atoms with Gasteiger partial charge in [0.15, 0.2) is 10.7 Å². The minimum Gasteiger partial charge on any atom is -0.491 e. The number of furan rings is 1. The van der Waals surface area contributed by atoms with Gasteiger partial charge in [-0.05, 0) is 59.1 Å². The molecule has 1 saturated heterocycles. The van der Waals surface area contributed by atoms with Gasteiger partial charge in [-0.25, -0.2) is 9.79 Å². The molecule has 0 saturated carbocycles. The Kier molecular flexibility index (Phi) is 7.56. The van der Waals surface area contributed by atoms with Crippen molar-refractivity contribution in [1.82, 2.24) is 4.57 Å². The van der Waals surface area contributed by atoms with Crippen LogP contribution in [-0.2, 0) is 9.53 Å². The molecule has 9 heteroatoms. The lowest BCUT2D eigenvalue weighted by molar-refractivity contribution is -0.139. The number of anilines is 1. The predicted octanol–water partition coefficient (Wildman–Crippen LogP) is 4.17. The minimum atomic E-state index is -0.733. The second-order valence-electron chi connectivity index (χ2n) is 9.73. The van der Waals surface area contributed by atoms with Crippen molar-refractivity contribution in [3.63, 3.8) is 0 Å². The Morgan fingerprint density at radius 3 is 2.68 bits per heavy atom. The van der Waals surface area contributed by atoms with E-state index in [0.29, 0.717) is 37.7 Å². The summed E-state index contributed by atoms with van der Waals surface area (Å²) < 4.78 is 19.7. The molecule has 1 atom stereocenters. The van der Waals surface area contributed by atoms with Crippen molar-refractivity contribution in [2.24, 2.45) is 4.99 Å². The Morgan fingerprint density at radius 2 is 1.95 bits per heavy atom. The third-order valence-electron chi connectivity index (χ3n) is 6.65. The van der Waals surface area contributed by atoms with Crippen LogP contribution in [0.1, 0.15) is 64.3 Å². The molecule has 4 heterocycles. The predicted molar refractivity (Wildman–Crippen MR) is 147 cm³/mol. The van der Waals surface area contributed by atoms with Crippen molar-refractivity contribution in [3.8, 4) is 5.75 Å². The Hall–Kier alpha value is -3.59. The van der Waals surface area contributed by atoms with Gasteiger partial charge in [0.25, 0.3) is 5.56 Å². The van der Waals surface area contributed by atoms with Gasteiger partial charge in [0.05, 0.1) is 28.5 Å². The molecule has 0 radical (unpaired) electrons. The summed E-state index contributed by atoms with van der Waals surface area (Å²) in [5.41, 5.74) is 1.31. The molecule has 2 aromatic heterocycles. The van der Waals surface area contributed by atoms with Gasteiger partial charge < -0.3 is 18.8 Å². The lowest BCUT2D eigenvalue weighted by atomic mass is 9.95. The smallest absolute Gasteiger partial charge is 0.338 e. The van der Waals surface area contributed by atoms with Crippen molar-refractivity contribution < 1.29 is 18.7 Å². The normalized spacial score (nSPS) is 18.0. The maximum absolute atomic E-state index is 13.9. The summed E-state index contributed by atoms with van der Waals surface area (Å²) in [5.74, 6) is 1.54. The number of esters is 1. The summed E-state index contributed by atoms with van der Waals surface area (Å²) in [6.07, 6.45) is 5.22. The zero-order valence-corrected chi connectivity index (χ0v) is 23.0. The number of allylic oxidation sites excluding steroid dienone is 1. The molecule has 200 valence electrons. The van der Waals surface area contributed by atoms with Gasteiger partial charge >= 0.3 is 5.97 Å². The lowest BCUT2D eigenvalue weighted by Crippen LogP contribution is -2.40. The monoisotopic (exact) mass is 535 g/mol. The van der Waals surface area contributed by atoms with Crippen LogP contribution >= 0.6 is 11.3 Å². The van der Waals surface area contributed by atoms with E-state index in [1.165, 1.54) is 17.8 Å². The van der Waals surface area contributed by atoms with E-state index >= 15 is 0 Å². The van der Waals surface area contributed by atoms with Gasteiger partial charge in [-0.3, -0.25) is 9.36 Å². The third-order valence-corrected chi connectivity index (χ3v) is 7.63. The molecule has 0 N–H and O–H groups in total. The number of carbonyl (C=O) groups excluding carboxylic acids is 1. The average Bonchev–Trinajstić information content (AvgIpc) is 3.48. The van der Waals surface area contributed by atoms with Crippen LogP contribution in [0.3, 0.4) is 0 Å². The molecule has 1 fully saturated rings. The minimum absolute atomic E-state index is 0.0869. The number of hydrogen-bond acceptors (Lipinski definition) is 8. The molecular weight excluding hydrogens is 502 g/mol. The lowest BCUT2D eigenvalue weighted by Gasteiger charge is -2.26. The maximum atomic E-state index is 13.9. The molecule has 2 aliphatic heterocycles. The fourth-order valence-electron chi connectivity index (χ4n) is 4.99. The highest BCUT2D eigenvalue weighted by atomic mass is 32.1. The van der Waals surface area contributed by atoms with Crippen LogP contribution in [0.15, 0.2) is 61.9 Å². The van der Waals surface area contributed by atoms with Crippen molar-refractivity contribution in [3.05, 3.63) is 78.7 Å². The first-order valence-electron chi connectivity index (χ1n) is 13.2. The molecule has 0 amide bonds. The highest BCUT2D eigenvalue weighted by Crippen LogP contribution is 2.36. The first-order valence-corrected chi connectivity index (χ1v) is 14.0. The third kappa shape index (κ3) is 5.07. The molecule has 1 aromatic carbocycles. The quantitative estimate of drug-likeness (QED) is 0.422. The van der Waals surface area contributed by atoms with Crippen LogP contribution in [0.4, 0.5) is 5.88 Å². The number of rotatable bonds is 7. The van der Waals surface area contributed by atoms with Crippen molar-refractivity contribution >= 4 is 29.3 Å². The number of hydrogen-bond donors (Lipinski definition) is 0. The molecule has 0 spiro atoms. The molecule has 3 aromatic rings. The summed E-state index contributed by atoms with van der Waals surface area (Å²) in [7, 11) is 0. The number of nitrogens with zero attached hydrogens (tertiary/aromatic N) is 3. The van der Waals surface area contributed by atoms with Crippen LogP contribution in [0, 0.1) is 0 Å². The van der Waals surface area contributed by atoms with Crippen LogP contribution in [0.2, 0.25) is 0 Å². The molecule has 0 unspecified atom stereocenters. The molecule has 5 rings (SSSR count). The molecule has 8 nitrogen and oxygen atoms in total. The van der Waals surface area contributed by atoms with E-state index in [2.05, 4.69) is 9.89 Å². The summed E-state index contributed by atoms with van der Waals surface area (Å²) in [5, 5.41) is 0. The number of thiazole rings is 1. The zero-order valence-electron chi connectivity index (χ0n) is 22.2. The number of benzene rings is 1. The standard InChI is InChI=1S/C29H33N3O5S/c1-5-35-28(34)25-19(4)30-29-32(26(25)21-11-7-8-12-22(21)36-18(2)3)27(33)23(38-29)17-20-13-14-24(37-20)31-15-9-6-10-16-31/h7-8,11-14,17-18,26H,5-6,9-10,15-16H2,1-4H3/b23-17+/t26-/m0/s1. The van der Waals surface area contributed by atoms with Crippen LogP contribution in [0.5, 0.6) is 5.75 Å². The van der Waals surface area contributed by atoms with Crippen LogP contribution in [-0.4, -0.2) is 36.3 Å². The summed E-state index contributed by atoms with van der Waals surface area (Å²) in [4.78, 5) is 34.5. The Balaban J connectivity index is 1.64. The number of fused-ring (bicyclic) bond motifs is 1. The molecule has 2 aliphatic rings. The van der Waals surface area contributed by atoms with Gasteiger partial charge in [0.1, 0.15) is 17.6 Å². The average molecular weight is 536 g/mol. The van der Waals surface area contributed by atoms with Crippen LogP contribution in [0.25, 0.3) is 6.08 Å². The largest absolute Gasteiger partial charge is 0.491 e. The highest BCUT2D eigenvalue weighted by Gasteiger charge is 2.35. The Bertz CT molecular complexity index is 1540. The van der Waals surface area contributed by atoms with E-state index in [4.69, 9.17) is 13.9 Å². The summed E-state index contributed by atoms with van der Waals surface area (Å²) in [6.45, 7) is 9.59. The van der Waals surface area contributed by atoms with Gasteiger partial charge in [-0.1, -0.05) is 29.5 Å². The second kappa shape index (κ2) is 11.0. The van der Waals surface area contributed by atoms with Crippen molar-refractivity contribution in [2.45, 2.75) is 59.1 Å². The Labute approximate surface area is 225 Å². The van der Waals surface area contributed by atoms with E-state index in [1.807, 2.05) is 50.2 Å². The molecular formula is C29H33N3O5S. The molecule has 0 aliphatic carbocycles. The second-order valence-corrected chi connectivity index (χ2v) is 10.7. The van der Waals surface area contributed by atoms with E-state index in [0.717, 1.165) is 31.8 Å². The first-order chi connectivity index (χ1) is 18.4. The SMILES string of the molecule is CCOC(=O)C1=C(C)N=c2s/c(=C/c3ccc(N4CCCCC4)o3)c(=O)n2[C@H]1c1ccccc1OC(C)C. The van der Waals surface area contributed by atoms with Crippen molar-refractivity contribution in [1.29, 1.82) is 0 Å². The summed E-state index contributed by atoms with van der Waals surface area (Å²) in [6, 6.07) is 10.6. The summed E-state index contributed by atoms with van der Waals surface area (Å²) >= 11 is 1.28. The van der Waals surface area contributed by atoms with E-state index < -0.39 is 12.0 Å². The van der Waals surface area contributed by atoms with E-state index in [1.54, 1.807) is 24.5 Å². The van der Waals surface area contributed by atoms with Gasteiger partial charge in [0.2, 0.25) is 0 Å². The number of piperidine rings is 1. The topological polar surface area (TPSA) is 86.3 Å². The number of para-hydroxylation sites is 1. The van der Waals surface area contributed by atoms with Gasteiger partial charge in [-0.15, -0.1) is 0 Å². The van der Waals surface area contributed by atoms with E-state index in [9.17, 15) is 9.59 Å². The van der Waals surface area contributed by atoms with Gasteiger partial charge in [-0.2, -0.15) is 0 Å². The van der Waals surface area contributed by atoms with Crippen LogP contribution < -0.4 is 24.5 Å². The fourth-order valence-corrected chi connectivity index (χ4v) is 6.01. The number of ether oxygens (including phenoxy) is 2. The van der Waals surface area contributed by atoms with Crippen molar-refractivity contribution in [2.75, 3.05) is 24.6 Å². The maximum Gasteiger partial charge on any atom is 0.338 e. The zero-order chi connectivity index (χ0) is 26.8.